The molecule has 0 saturated carbocycles. The minimum atomic E-state index is -0.992. The summed E-state index contributed by atoms with van der Waals surface area (Å²) in [5, 5.41) is 21.5. The molecule has 1 N–H and O–H groups in total. The number of carboxylic acids is 1. The summed E-state index contributed by atoms with van der Waals surface area (Å²) in [5.41, 5.74) is 2.93. The molecule has 4 aromatic rings. The smallest absolute Gasteiger partial charge is 0.305 e. The van der Waals surface area contributed by atoms with Crippen molar-refractivity contribution in [1.82, 2.24) is 29.4 Å². The second-order valence-corrected chi connectivity index (χ2v) is 5.82. The van der Waals surface area contributed by atoms with Gasteiger partial charge in [-0.15, -0.1) is 10.2 Å². The van der Waals surface area contributed by atoms with Crippen LogP contribution in [0.3, 0.4) is 0 Å². The van der Waals surface area contributed by atoms with E-state index in [-0.39, 0.29) is 24.1 Å². The summed E-state index contributed by atoms with van der Waals surface area (Å²) in [7, 11) is 0. The summed E-state index contributed by atoms with van der Waals surface area (Å²) in [5.74, 6) is -0.992. The summed E-state index contributed by atoms with van der Waals surface area (Å²) in [6.45, 7) is 1.88. The third-order valence-electron chi connectivity index (χ3n) is 4.11. The molecule has 0 aliphatic carbocycles. The molecule has 0 atom stereocenters. The van der Waals surface area contributed by atoms with Crippen LogP contribution in [0.15, 0.2) is 41.5 Å². The summed E-state index contributed by atoms with van der Waals surface area (Å²) in [4.78, 5) is 27.5. The Labute approximate surface area is 146 Å². The number of fused-ring (bicyclic) bond motifs is 3. The third kappa shape index (κ3) is 2.50. The number of benzene rings is 1. The fourth-order valence-corrected chi connectivity index (χ4v) is 2.88. The highest BCUT2D eigenvalue weighted by Crippen LogP contribution is 2.27. The molecule has 9 nitrogen and oxygen atoms in total. The van der Waals surface area contributed by atoms with Gasteiger partial charge in [0.05, 0.1) is 17.7 Å². The van der Waals surface area contributed by atoms with Crippen LogP contribution in [0.4, 0.5) is 0 Å². The molecule has 0 amide bonds. The van der Waals surface area contributed by atoms with Crippen molar-refractivity contribution in [3.05, 3.63) is 52.7 Å². The number of rotatable bonds is 4. The molecule has 0 saturated heterocycles. The van der Waals surface area contributed by atoms with Gasteiger partial charge in [0.15, 0.2) is 16.8 Å². The van der Waals surface area contributed by atoms with Crippen LogP contribution in [0.25, 0.3) is 27.9 Å². The normalized spacial score (nSPS) is 11.3. The van der Waals surface area contributed by atoms with E-state index in [2.05, 4.69) is 20.3 Å². The monoisotopic (exact) mass is 350 g/mol. The summed E-state index contributed by atoms with van der Waals surface area (Å²) < 4.78 is 2.72. The van der Waals surface area contributed by atoms with Gasteiger partial charge in [-0.3, -0.25) is 14.2 Å². The van der Waals surface area contributed by atoms with Crippen LogP contribution in [-0.2, 0) is 11.3 Å². The predicted octanol–water partition coefficient (Wildman–Crippen LogP) is 1.28. The average Bonchev–Trinajstić information content (AvgIpc) is 2.98. The lowest BCUT2D eigenvalue weighted by Crippen LogP contribution is -2.24. The lowest BCUT2D eigenvalue weighted by atomic mass is 10.1. The summed E-state index contributed by atoms with van der Waals surface area (Å²) >= 11 is 0. The van der Waals surface area contributed by atoms with Crippen LogP contribution in [0.5, 0.6) is 0 Å². The number of carboxylic acid groups (broad SMARTS) is 1. The van der Waals surface area contributed by atoms with Gasteiger partial charge >= 0.3 is 5.97 Å². The van der Waals surface area contributed by atoms with Gasteiger partial charge in [-0.2, -0.15) is 9.61 Å². The molecule has 3 aromatic heterocycles. The molecule has 4 rings (SSSR count). The molecule has 0 spiro atoms. The van der Waals surface area contributed by atoms with E-state index in [1.807, 2.05) is 37.3 Å². The fraction of sp³-hybridized carbons (Fsp3) is 0.176. The first-order chi connectivity index (χ1) is 12.6. The van der Waals surface area contributed by atoms with Crippen molar-refractivity contribution in [2.75, 3.05) is 0 Å². The highest BCUT2D eigenvalue weighted by Gasteiger charge is 2.18. The molecule has 0 bridgehead atoms. The zero-order valence-electron chi connectivity index (χ0n) is 13.8. The second-order valence-electron chi connectivity index (χ2n) is 5.82. The first-order valence-electron chi connectivity index (χ1n) is 7.94. The van der Waals surface area contributed by atoms with Crippen LogP contribution in [0.2, 0.25) is 0 Å². The average molecular weight is 350 g/mol. The summed E-state index contributed by atoms with van der Waals surface area (Å²) in [6, 6.07) is 9.67. The molecule has 1 aromatic carbocycles. The molecule has 3 heterocycles. The van der Waals surface area contributed by atoms with Crippen molar-refractivity contribution in [1.29, 1.82) is 0 Å². The van der Waals surface area contributed by atoms with Crippen LogP contribution in [-0.4, -0.2) is 40.4 Å². The second kappa shape index (κ2) is 6.03. The van der Waals surface area contributed by atoms with Crippen LogP contribution >= 0.6 is 0 Å². The molecular formula is C17H14N6O3. The van der Waals surface area contributed by atoms with Crippen LogP contribution in [0.1, 0.15) is 12.1 Å². The lowest BCUT2D eigenvalue weighted by Gasteiger charge is -2.05. The molecule has 0 aliphatic heterocycles. The van der Waals surface area contributed by atoms with Gasteiger partial charge in [-0.1, -0.05) is 30.3 Å². The highest BCUT2D eigenvalue weighted by molar-refractivity contribution is 5.83. The van der Waals surface area contributed by atoms with E-state index in [4.69, 9.17) is 5.11 Å². The van der Waals surface area contributed by atoms with E-state index in [0.717, 1.165) is 16.8 Å². The molecule has 0 fully saturated rings. The van der Waals surface area contributed by atoms with Crippen LogP contribution < -0.4 is 5.56 Å². The maximum atomic E-state index is 12.5. The first kappa shape index (κ1) is 15.9. The lowest BCUT2D eigenvalue weighted by molar-refractivity contribution is -0.137. The number of aromatic nitrogens is 6. The predicted molar refractivity (Wildman–Crippen MR) is 92.8 cm³/mol. The fourth-order valence-electron chi connectivity index (χ4n) is 2.88. The summed E-state index contributed by atoms with van der Waals surface area (Å²) in [6.07, 6.45) is 1.13. The number of carbonyl (C=O) groups is 1. The Morgan fingerprint density at radius 3 is 2.65 bits per heavy atom. The number of aliphatic carboxylic acids is 1. The zero-order chi connectivity index (χ0) is 18.3. The SMILES string of the molecule is Cc1nn2c(nnc3c(=O)n(CCC(=O)O)cnc32)c1-c1ccccc1. The first-order valence-corrected chi connectivity index (χ1v) is 7.94. The van der Waals surface area contributed by atoms with Crippen LogP contribution in [0, 0.1) is 6.92 Å². The van der Waals surface area contributed by atoms with Gasteiger partial charge in [-0.05, 0) is 12.5 Å². The Bertz CT molecular complexity index is 1200. The number of hydrogen-bond donors (Lipinski definition) is 1. The Morgan fingerprint density at radius 2 is 1.92 bits per heavy atom. The topological polar surface area (TPSA) is 115 Å². The molecule has 0 radical (unpaired) electrons. The van der Waals surface area contributed by atoms with Crippen molar-refractivity contribution < 1.29 is 9.90 Å². The highest BCUT2D eigenvalue weighted by atomic mass is 16.4. The van der Waals surface area contributed by atoms with Gasteiger partial charge in [0, 0.05) is 6.54 Å². The Balaban J connectivity index is 1.93. The number of aryl methyl sites for hydroxylation is 2. The standard InChI is InChI=1S/C17H14N6O3/c1-10-13(11-5-3-2-4-6-11)15-20-19-14-16(23(15)21-10)18-9-22(17(14)26)8-7-12(24)25/h2-6,9H,7-8H2,1H3,(H,24,25). The minimum absolute atomic E-state index is 0.0181. The maximum Gasteiger partial charge on any atom is 0.305 e. The van der Waals surface area contributed by atoms with Gasteiger partial charge in [-0.25, -0.2) is 4.98 Å². The molecule has 0 unspecified atom stereocenters. The van der Waals surface area contributed by atoms with Gasteiger partial charge in [0.2, 0.25) is 0 Å². The van der Waals surface area contributed by atoms with Crippen molar-refractivity contribution >= 4 is 22.8 Å². The zero-order valence-corrected chi connectivity index (χ0v) is 13.8. The maximum absolute atomic E-state index is 12.5. The number of nitrogens with zero attached hydrogens (tertiary/aromatic N) is 6. The molecule has 26 heavy (non-hydrogen) atoms. The van der Waals surface area contributed by atoms with Gasteiger partial charge in [0.25, 0.3) is 5.56 Å². The molecule has 130 valence electrons. The van der Waals surface area contributed by atoms with E-state index in [0.29, 0.717) is 5.65 Å². The molecule has 9 heteroatoms. The van der Waals surface area contributed by atoms with E-state index in [1.54, 1.807) is 0 Å². The van der Waals surface area contributed by atoms with Crippen molar-refractivity contribution in [3.8, 4) is 11.1 Å². The van der Waals surface area contributed by atoms with E-state index < -0.39 is 11.5 Å². The van der Waals surface area contributed by atoms with Crippen molar-refractivity contribution in [3.63, 3.8) is 0 Å². The molecular weight excluding hydrogens is 336 g/mol. The quantitative estimate of drug-likeness (QED) is 0.589. The minimum Gasteiger partial charge on any atom is -0.481 e. The van der Waals surface area contributed by atoms with E-state index in [1.165, 1.54) is 15.4 Å². The number of hydrogen-bond acceptors (Lipinski definition) is 6. The third-order valence-corrected chi connectivity index (χ3v) is 4.11. The van der Waals surface area contributed by atoms with Crippen molar-refractivity contribution in [2.45, 2.75) is 19.9 Å². The van der Waals surface area contributed by atoms with E-state index in [9.17, 15) is 9.59 Å². The Morgan fingerprint density at radius 1 is 1.15 bits per heavy atom. The Hall–Kier alpha value is -3.62. The Kier molecular flexibility index (Phi) is 3.68. The van der Waals surface area contributed by atoms with Gasteiger partial charge < -0.3 is 5.11 Å². The van der Waals surface area contributed by atoms with Gasteiger partial charge in [0.1, 0.15) is 6.33 Å². The van der Waals surface area contributed by atoms with E-state index >= 15 is 0 Å². The molecule has 0 aliphatic rings. The largest absolute Gasteiger partial charge is 0.481 e. The van der Waals surface area contributed by atoms with Crippen molar-refractivity contribution in [2.24, 2.45) is 0 Å².